The van der Waals surface area contributed by atoms with E-state index in [-0.39, 0.29) is 23.1 Å². The third-order valence-electron chi connectivity index (χ3n) is 1.74. The minimum absolute atomic E-state index is 0.00736. The first kappa shape index (κ1) is 11.9. The van der Waals surface area contributed by atoms with E-state index in [0.717, 1.165) is 12.3 Å². The second kappa shape index (κ2) is 4.56. The van der Waals surface area contributed by atoms with Crippen LogP contribution >= 0.6 is 0 Å². The predicted octanol–water partition coefficient (Wildman–Crippen LogP) is 1.51. The Hall–Kier alpha value is -2.18. The molecule has 0 aliphatic rings. The average Bonchev–Trinajstić information content (AvgIpc) is 2.16. The molecule has 1 heterocycles. The molecule has 0 saturated heterocycles. The molecule has 1 aromatic rings. The Morgan fingerprint density at radius 3 is 2.69 bits per heavy atom. The quantitative estimate of drug-likeness (QED) is 0.594. The molecule has 0 bridgehead atoms. The van der Waals surface area contributed by atoms with Crippen molar-refractivity contribution < 1.29 is 14.8 Å². The number of nitrogens with one attached hydrogen (secondary N) is 1. The lowest BCUT2D eigenvalue weighted by Gasteiger charge is -2.10. The summed E-state index contributed by atoms with van der Waals surface area (Å²) in [6.45, 7) is 3.63. The molecule has 7 nitrogen and oxygen atoms in total. The molecular formula is C9H11N3O4. The molecule has 0 aliphatic carbocycles. The molecule has 0 saturated carbocycles. The van der Waals surface area contributed by atoms with Gasteiger partial charge in [0.05, 0.1) is 4.92 Å². The highest BCUT2D eigenvalue weighted by Crippen LogP contribution is 2.19. The molecule has 1 aromatic heterocycles. The van der Waals surface area contributed by atoms with Crippen molar-refractivity contribution in [1.82, 2.24) is 4.98 Å². The van der Waals surface area contributed by atoms with Crippen molar-refractivity contribution in [3.63, 3.8) is 0 Å². The van der Waals surface area contributed by atoms with Gasteiger partial charge in [-0.15, -0.1) is 0 Å². The lowest BCUT2D eigenvalue weighted by Crippen LogP contribution is -2.15. The van der Waals surface area contributed by atoms with Crippen LogP contribution in [0.2, 0.25) is 0 Å². The molecule has 0 atom stereocenters. The molecule has 7 heteroatoms. The largest absolute Gasteiger partial charge is 0.478 e. The summed E-state index contributed by atoms with van der Waals surface area (Å²) in [6, 6.07) is 0.979. The summed E-state index contributed by atoms with van der Waals surface area (Å²) in [7, 11) is 0. The van der Waals surface area contributed by atoms with Gasteiger partial charge in [-0.1, -0.05) is 0 Å². The van der Waals surface area contributed by atoms with Crippen LogP contribution in [0.1, 0.15) is 24.2 Å². The van der Waals surface area contributed by atoms with Gasteiger partial charge in [0.1, 0.15) is 17.6 Å². The summed E-state index contributed by atoms with van der Waals surface area (Å²) in [4.78, 5) is 24.4. The summed E-state index contributed by atoms with van der Waals surface area (Å²) in [5, 5.41) is 22.1. The van der Waals surface area contributed by atoms with Gasteiger partial charge in [-0.05, 0) is 13.8 Å². The number of hydrogen-bond acceptors (Lipinski definition) is 5. The number of pyridine rings is 1. The Labute approximate surface area is 91.3 Å². The van der Waals surface area contributed by atoms with Crippen molar-refractivity contribution in [2.24, 2.45) is 0 Å². The van der Waals surface area contributed by atoms with Gasteiger partial charge in [0.15, 0.2) is 0 Å². The van der Waals surface area contributed by atoms with Crippen LogP contribution in [0.25, 0.3) is 0 Å². The van der Waals surface area contributed by atoms with E-state index in [1.807, 2.05) is 13.8 Å². The minimum atomic E-state index is -1.25. The fourth-order valence-electron chi connectivity index (χ4n) is 1.11. The standard InChI is InChI=1S/C9H11N3O4/c1-5(2)11-8-7(9(13)14)3-6(4-10-8)12(15)16/h3-5H,1-2H3,(H,10,11)(H,13,14). The predicted molar refractivity (Wildman–Crippen MR) is 56.6 cm³/mol. The van der Waals surface area contributed by atoms with Crippen molar-refractivity contribution in [1.29, 1.82) is 0 Å². The maximum absolute atomic E-state index is 10.9. The summed E-state index contributed by atoms with van der Waals surface area (Å²) < 4.78 is 0. The summed E-state index contributed by atoms with van der Waals surface area (Å²) >= 11 is 0. The van der Waals surface area contributed by atoms with Crippen molar-refractivity contribution in [2.45, 2.75) is 19.9 Å². The topological polar surface area (TPSA) is 105 Å². The number of carboxylic acids is 1. The average molecular weight is 225 g/mol. The Morgan fingerprint density at radius 2 is 2.25 bits per heavy atom. The fraction of sp³-hybridized carbons (Fsp3) is 0.333. The van der Waals surface area contributed by atoms with Gasteiger partial charge in [0.2, 0.25) is 0 Å². The lowest BCUT2D eigenvalue weighted by molar-refractivity contribution is -0.385. The van der Waals surface area contributed by atoms with Crippen molar-refractivity contribution in [3.8, 4) is 0 Å². The van der Waals surface area contributed by atoms with E-state index in [1.165, 1.54) is 0 Å². The second-order valence-electron chi connectivity index (χ2n) is 3.45. The number of carboxylic acid groups (broad SMARTS) is 1. The van der Waals surface area contributed by atoms with Gasteiger partial charge < -0.3 is 10.4 Å². The molecule has 0 amide bonds. The number of anilines is 1. The smallest absolute Gasteiger partial charge is 0.339 e. The summed E-state index contributed by atoms with van der Waals surface area (Å²) in [6.07, 6.45) is 1.02. The van der Waals surface area contributed by atoms with Crippen LogP contribution in [0, 0.1) is 10.1 Å². The SMILES string of the molecule is CC(C)Nc1ncc([N+](=O)[O-])cc1C(=O)O. The first-order chi connectivity index (χ1) is 7.41. The monoisotopic (exact) mass is 225 g/mol. The molecule has 86 valence electrons. The first-order valence-corrected chi connectivity index (χ1v) is 4.56. The number of hydrogen-bond donors (Lipinski definition) is 2. The fourth-order valence-corrected chi connectivity index (χ4v) is 1.11. The molecule has 0 unspecified atom stereocenters. The van der Waals surface area contributed by atoms with Gasteiger partial charge in [-0.2, -0.15) is 0 Å². The Morgan fingerprint density at radius 1 is 1.62 bits per heavy atom. The number of nitro groups is 1. The van der Waals surface area contributed by atoms with E-state index in [4.69, 9.17) is 5.11 Å². The molecule has 16 heavy (non-hydrogen) atoms. The van der Waals surface area contributed by atoms with Crippen molar-refractivity contribution in [2.75, 3.05) is 5.32 Å². The van der Waals surface area contributed by atoms with E-state index < -0.39 is 10.9 Å². The highest BCUT2D eigenvalue weighted by molar-refractivity contribution is 5.93. The van der Waals surface area contributed by atoms with Crippen LogP contribution in [0.3, 0.4) is 0 Å². The number of aromatic carboxylic acids is 1. The van der Waals surface area contributed by atoms with E-state index in [9.17, 15) is 14.9 Å². The Kier molecular flexibility index (Phi) is 3.39. The van der Waals surface area contributed by atoms with Gasteiger partial charge in [0, 0.05) is 12.1 Å². The van der Waals surface area contributed by atoms with Gasteiger partial charge in [0.25, 0.3) is 5.69 Å². The Bertz CT molecular complexity index is 431. The molecule has 0 radical (unpaired) electrons. The summed E-state index contributed by atoms with van der Waals surface area (Å²) in [5.74, 6) is -1.12. The highest BCUT2D eigenvalue weighted by Gasteiger charge is 2.17. The molecule has 0 aromatic carbocycles. The maximum Gasteiger partial charge on any atom is 0.339 e. The zero-order valence-electron chi connectivity index (χ0n) is 8.80. The van der Waals surface area contributed by atoms with E-state index >= 15 is 0 Å². The third kappa shape index (κ3) is 2.66. The molecule has 2 N–H and O–H groups in total. The second-order valence-corrected chi connectivity index (χ2v) is 3.45. The van der Waals surface area contributed by atoms with Crippen molar-refractivity contribution in [3.05, 3.63) is 27.9 Å². The van der Waals surface area contributed by atoms with Gasteiger partial charge >= 0.3 is 5.97 Å². The van der Waals surface area contributed by atoms with Crippen LogP contribution in [-0.4, -0.2) is 27.0 Å². The zero-order chi connectivity index (χ0) is 12.3. The van der Waals surface area contributed by atoms with Crippen LogP contribution < -0.4 is 5.32 Å². The third-order valence-corrected chi connectivity index (χ3v) is 1.74. The van der Waals surface area contributed by atoms with Crippen LogP contribution in [0.15, 0.2) is 12.3 Å². The van der Waals surface area contributed by atoms with Crippen LogP contribution in [-0.2, 0) is 0 Å². The zero-order valence-corrected chi connectivity index (χ0v) is 8.80. The molecule has 0 fully saturated rings. The maximum atomic E-state index is 10.9. The van der Waals surface area contributed by atoms with Crippen LogP contribution in [0.5, 0.6) is 0 Å². The molecule has 1 rings (SSSR count). The van der Waals surface area contributed by atoms with E-state index in [2.05, 4.69) is 10.3 Å². The lowest BCUT2D eigenvalue weighted by atomic mass is 10.2. The summed E-state index contributed by atoms with van der Waals surface area (Å²) in [5.41, 5.74) is -0.547. The highest BCUT2D eigenvalue weighted by atomic mass is 16.6. The number of rotatable bonds is 4. The Balaban J connectivity index is 3.19. The van der Waals surface area contributed by atoms with Gasteiger partial charge in [-0.25, -0.2) is 9.78 Å². The first-order valence-electron chi connectivity index (χ1n) is 4.56. The van der Waals surface area contributed by atoms with E-state index in [0.29, 0.717) is 0 Å². The van der Waals surface area contributed by atoms with Crippen LogP contribution in [0.4, 0.5) is 11.5 Å². The van der Waals surface area contributed by atoms with Crippen molar-refractivity contribution >= 4 is 17.5 Å². The molecule has 0 aliphatic heterocycles. The normalized spacial score (nSPS) is 10.2. The van der Waals surface area contributed by atoms with E-state index in [1.54, 1.807) is 0 Å². The number of aromatic nitrogens is 1. The molecule has 0 spiro atoms. The number of nitrogens with zero attached hydrogens (tertiary/aromatic N) is 2. The molecular weight excluding hydrogens is 214 g/mol. The minimum Gasteiger partial charge on any atom is -0.478 e. The number of carbonyl (C=O) groups is 1. The van der Waals surface area contributed by atoms with Gasteiger partial charge in [-0.3, -0.25) is 10.1 Å².